The Kier molecular flexibility index (Phi) is 5.39. The number of benzene rings is 1. The molecule has 1 aromatic heterocycles. The van der Waals surface area contributed by atoms with Crippen molar-refractivity contribution in [3.8, 4) is 0 Å². The molecule has 0 aliphatic heterocycles. The van der Waals surface area contributed by atoms with Crippen LogP contribution in [0.2, 0.25) is 5.02 Å². The molecule has 0 aliphatic carbocycles. The van der Waals surface area contributed by atoms with E-state index < -0.39 is 5.63 Å². The summed E-state index contributed by atoms with van der Waals surface area (Å²) in [5, 5.41) is 0.566. The summed E-state index contributed by atoms with van der Waals surface area (Å²) in [5.41, 5.74) is 0.110. The molecule has 6 nitrogen and oxygen atoms in total. The van der Waals surface area contributed by atoms with Crippen LogP contribution in [0.1, 0.15) is 23.7 Å². The molecule has 0 bridgehead atoms. The van der Waals surface area contributed by atoms with Gasteiger partial charge in [-0.15, -0.1) is 0 Å². The predicted molar refractivity (Wildman–Crippen MR) is 87.4 cm³/mol. The van der Waals surface area contributed by atoms with Crippen molar-refractivity contribution in [3.63, 3.8) is 0 Å². The summed E-state index contributed by atoms with van der Waals surface area (Å²) >= 11 is 6.07. The van der Waals surface area contributed by atoms with E-state index in [1.54, 1.807) is 18.2 Å². The highest BCUT2D eigenvalue weighted by molar-refractivity contribution is 6.37. The van der Waals surface area contributed by atoms with Crippen LogP contribution in [-0.2, 0) is 9.53 Å². The van der Waals surface area contributed by atoms with Crippen molar-refractivity contribution in [1.82, 2.24) is 0 Å². The number of fused-ring (bicyclic) bond motifs is 1. The maximum absolute atomic E-state index is 11.7. The molecule has 0 fully saturated rings. The molecule has 0 saturated carbocycles. The van der Waals surface area contributed by atoms with Crippen LogP contribution < -0.4 is 10.5 Å². The van der Waals surface area contributed by atoms with Crippen molar-refractivity contribution in [2.75, 3.05) is 25.1 Å². The molecule has 23 heavy (non-hydrogen) atoms. The molecule has 0 aliphatic rings. The summed E-state index contributed by atoms with van der Waals surface area (Å²) < 4.78 is 9.79. The first-order valence-electron chi connectivity index (χ1n) is 7.05. The Morgan fingerprint density at radius 1 is 1.43 bits per heavy atom. The zero-order valence-corrected chi connectivity index (χ0v) is 13.6. The number of esters is 1. The fourth-order valence-corrected chi connectivity index (χ4v) is 2.54. The Morgan fingerprint density at radius 3 is 2.78 bits per heavy atom. The number of anilines is 1. The number of nitrogens with zero attached hydrogens (tertiary/aromatic N) is 1. The van der Waals surface area contributed by atoms with Gasteiger partial charge < -0.3 is 14.1 Å². The maximum atomic E-state index is 11.7. The SMILES string of the molecule is CCN(CCC(=O)OC)c1ccc2c(Cl)c(C=O)c(=O)oc2c1. The van der Waals surface area contributed by atoms with Gasteiger partial charge in [-0.3, -0.25) is 9.59 Å². The number of carbonyl (C=O) groups is 2. The van der Waals surface area contributed by atoms with E-state index in [1.165, 1.54) is 7.11 Å². The fourth-order valence-electron chi connectivity index (χ4n) is 2.26. The zero-order chi connectivity index (χ0) is 17.0. The highest BCUT2D eigenvalue weighted by Crippen LogP contribution is 2.28. The molecule has 1 heterocycles. The minimum atomic E-state index is -0.771. The van der Waals surface area contributed by atoms with Crippen molar-refractivity contribution in [2.24, 2.45) is 0 Å². The molecule has 0 radical (unpaired) electrons. The van der Waals surface area contributed by atoms with Gasteiger partial charge in [-0.2, -0.15) is 0 Å². The molecule has 7 heteroatoms. The van der Waals surface area contributed by atoms with E-state index in [0.717, 1.165) is 5.69 Å². The smallest absolute Gasteiger partial charge is 0.348 e. The number of hydrogen-bond donors (Lipinski definition) is 0. The van der Waals surface area contributed by atoms with Gasteiger partial charge in [0.1, 0.15) is 11.1 Å². The Bertz CT molecular complexity index is 799. The molecular formula is C16H16ClNO5. The van der Waals surface area contributed by atoms with Gasteiger partial charge in [-0.1, -0.05) is 11.6 Å². The van der Waals surface area contributed by atoms with Crippen molar-refractivity contribution in [2.45, 2.75) is 13.3 Å². The largest absolute Gasteiger partial charge is 0.469 e. The van der Waals surface area contributed by atoms with Crippen LogP contribution in [0.3, 0.4) is 0 Å². The molecule has 1 aromatic carbocycles. The second-order valence-electron chi connectivity index (χ2n) is 4.82. The molecule has 0 spiro atoms. The van der Waals surface area contributed by atoms with Crippen LogP contribution >= 0.6 is 11.6 Å². The summed E-state index contributed by atoms with van der Waals surface area (Å²) in [6, 6.07) is 5.14. The van der Waals surface area contributed by atoms with Gasteiger partial charge in [-0.25, -0.2) is 4.79 Å². The number of halogens is 1. The number of hydrogen-bond acceptors (Lipinski definition) is 6. The number of carbonyl (C=O) groups excluding carboxylic acids is 2. The molecular weight excluding hydrogens is 322 g/mol. The topological polar surface area (TPSA) is 76.8 Å². The Morgan fingerprint density at radius 2 is 2.17 bits per heavy atom. The lowest BCUT2D eigenvalue weighted by atomic mass is 10.1. The number of methoxy groups -OCH3 is 1. The van der Waals surface area contributed by atoms with Crippen LogP contribution in [-0.4, -0.2) is 32.5 Å². The highest BCUT2D eigenvalue weighted by Gasteiger charge is 2.14. The second kappa shape index (κ2) is 7.28. The molecule has 0 N–H and O–H groups in total. The Balaban J connectivity index is 2.41. The third-order valence-corrected chi connectivity index (χ3v) is 3.95. The van der Waals surface area contributed by atoms with Crippen LogP contribution in [0.25, 0.3) is 11.0 Å². The van der Waals surface area contributed by atoms with Crippen LogP contribution in [0.15, 0.2) is 27.4 Å². The van der Waals surface area contributed by atoms with Gasteiger partial charge in [0.05, 0.1) is 18.6 Å². The summed E-state index contributed by atoms with van der Waals surface area (Å²) in [6.45, 7) is 3.08. The normalized spacial score (nSPS) is 10.6. The van der Waals surface area contributed by atoms with Gasteiger partial charge >= 0.3 is 11.6 Å². The third-order valence-electron chi connectivity index (χ3n) is 3.54. The lowest BCUT2D eigenvalue weighted by Crippen LogP contribution is -2.26. The first-order chi connectivity index (χ1) is 11.0. The third kappa shape index (κ3) is 3.53. The monoisotopic (exact) mass is 337 g/mol. The molecule has 2 aromatic rings. The van der Waals surface area contributed by atoms with E-state index in [-0.39, 0.29) is 23.0 Å². The van der Waals surface area contributed by atoms with Crippen LogP contribution in [0.5, 0.6) is 0 Å². The average molecular weight is 338 g/mol. The summed E-state index contributed by atoms with van der Waals surface area (Å²) in [6.07, 6.45) is 0.632. The Labute approximate surface area is 137 Å². The van der Waals surface area contributed by atoms with E-state index in [2.05, 4.69) is 4.74 Å². The Hall–Kier alpha value is -2.34. The quantitative estimate of drug-likeness (QED) is 0.458. The number of ether oxygens (including phenoxy) is 1. The van der Waals surface area contributed by atoms with Gasteiger partial charge in [0.15, 0.2) is 6.29 Å². The minimum Gasteiger partial charge on any atom is -0.469 e. The first-order valence-corrected chi connectivity index (χ1v) is 7.42. The van der Waals surface area contributed by atoms with Crippen molar-refractivity contribution < 1.29 is 18.7 Å². The van der Waals surface area contributed by atoms with Crippen molar-refractivity contribution >= 4 is 40.5 Å². The van der Waals surface area contributed by atoms with Crippen molar-refractivity contribution in [3.05, 3.63) is 39.2 Å². The van der Waals surface area contributed by atoms with E-state index >= 15 is 0 Å². The van der Waals surface area contributed by atoms with Gasteiger partial charge in [0.2, 0.25) is 0 Å². The van der Waals surface area contributed by atoms with Gasteiger partial charge in [0.25, 0.3) is 0 Å². The van der Waals surface area contributed by atoms with Crippen LogP contribution in [0, 0.1) is 0 Å². The molecule has 2 rings (SSSR count). The summed E-state index contributed by atoms with van der Waals surface area (Å²) in [4.78, 5) is 35.8. The molecule has 0 unspecified atom stereocenters. The minimum absolute atomic E-state index is 0.0791. The standard InChI is InChI=1S/C16H16ClNO5/c1-3-18(7-6-14(20)22-2)10-4-5-11-13(8-10)23-16(21)12(9-19)15(11)17/h4-5,8-9H,3,6-7H2,1-2H3. The van der Waals surface area contributed by atoms with E-state index in [9.17, 15) is 14.4 Å². The van der Waals surface area contributed by atoms with E-state index in [1.807, 2.05) is 11.8 Å². The second-order valence-corrected chi connectivity index (χ2v) is 5.20. The van der Waals surface area contributed by atoms with Gasteiger partial charge in [0, 0.05) is 30.2 Å². The number of aldehydes is 1. The zero-order valence-electron chi connectivity index (χ0n) is 12.8. The van der Waals surface area contributed by atoms with Crippen LogP contribution in [0.4, 0.5) is 5.69 Å². The van der Waals surface area contributed by atoms with E-state index in [0.29, 0.717) is 30.3 Å². The lowest BCUT2D eigenvalue weighted by molar-refractivity contribution is -0.140. The fraction of sp³-hybridized carbons (Fsp3) is 0.312. The molecule has 0 saturated heterocycles. The molecule has 0 amide bonds. The summed E-state index contributed by atoms with van der Waals surface area (Å²) in [7, 11) is 1.34. The molecule has 0 atom stereocenters. The maximum Gasteiger partial charge on any atom is 0.348 e. The predicted octanol–water partition coefficient (Wildman–Crippen LogP) is 2.65. The average Bonchev–Trinajstić information content (AvgIpc) is 2.55. The van der Waals surface area contributed by atoms with E-state index in [4.69, 9.17) is 16.0 Å². The highest BCUT2D eigenvalue weighted by atomic mass is 35.5. The molecule has 122 valence electrons. The van der Waals surface area contributed by atoms with Gasteiger partial charge in [-0.05, 0) is 19.1 Å². The summed E-state index contributed by atoms with van der Waals surface area (Å²) in [5.74, 6) is -0.297. The first kappa shape index (κ1) is 17.0. The lowest BCUT2D eigenvalue weighted by Gasteiger charge is -2.22. The van der Waals surface area contributed by atoms with Crippen molar-refractivity contribution in [1.29, 1.82) is 0 Å². The number of rotatable bonds is 6.